The molecule has 0 bridgehead atoms. The number of aromatic nitrogens is 1. The number of furan rings is 1. The summed E-state index contributed by atoms with van der Waals surface area (Å²) in [5.41, 5.74) is 3.89. The van der Waals surface area contributed by atoms with Crippen molar-refractivity contribution in [2.45, 2.75) is 6.04 Å². The van der Waals surface area contributed by atoms with E-state index in [1.807, 2.05) is 6.07 Å². The third-order valence-electron chi connectivity index (χ3n) is 2.99. The molecule has 1 atom stereocenters. The normalized spacial score (nSPS) is 12.8. The van der Waals surface area contributed by atoms with Crippen molar-refractivity contribution < 1.29 is 8.81 Å². The molecule has 2 aromatic heterocycles. The maximum Gasteiger partial charge on any atom is 0.141 e. The van der Waals surface area contributed by atoms with Crippen molar-refractivity contribution in [1.29, 1.82) is 0 Å². The maximum atomic E-state index is 12.9. The van der Waals surface area contributed by atoms with Crippen molar-refractivity contribution in [3.63, 3.8) is 0 Å². The zero-order chi connectivity index (χ0) is 14.1. The summed E-state index contributed by atoms with van der Waals surface area (Å²) < 4.78 is 18.6. The molecule has 0 fully saturated rings. The SMILES string of the molecule is NNC(c1ccc(F)cn1)c1cc2cc(Cl)ccc2o1. The molecule has 4 nitrogen and oxygen atoms in total. The van der Waals surface area contributed by atoms with Gasteiger partial charge in [-0.25, -0.2) is 9.82 Å². The zero-order valence-corrected chi connectivity index (χ0v) is 11.1. The molecule has 0 aliphatic heterocycles. The fraction of sp³-hybridized carbons (Fsp3) is 0.0714. The van der Waals surface area contributed by atoms with E-state index in [0.717, 1.165) is 11.6 Å². The lowest BCUT2D eigenvalue weighted by molar-refractivity contribution is 0.470. The van der Waals surface area contributed by atoms with E-state index in [2.05, 4.69) is 10.4 Å². The average Bonchev–Trinajstić information content (AvgIpc) is 2.84. The van der Waals surface area contributed by atoms with Crippen molar-refractivity contribution in [1.82, 2.24) is 10.4 Å². The minimum absolute atomic E-state index is 0.402. The lowest BCUT2D eigenvalue weighted by atomic mass is 10.1. The molecule has 1 unspecified atom stereocenters. The van der Waals surface area contributed by atoms with Gasteiger partial charge in [-0.05, 0) is 36.4 Å². The van der Waals surface area contributed by atoms with Crippen molar-refractivity contribution in [3.8, 4) is 0 Å². The van der Waals surface area contributed by atoms with Gasteiger partial charge in [0.25, 0.3) is 0 Å². The Morgan fingerprint density at radius 1 is 1.25 bits per heavy atom. The van der Waals surface area contributed by atoms with Crippen molar-refractivity contribution >= 4 is 22.6 Å². The highest BCUT2D eigenvalue weighted by Crippen LogP contribution is 2.28. The topological polar surface area (TPSA) is 64.1 Å². The highest BCUT2D eigenvalue weighted by atomic mass is 35.5. The van der Waals surface area contributed by atoms with Crippen LogP contribution in [0.5, 0.6) is 0 Å². The number of nitrogens with one attached hydrogen (secondary N) is 1. The number of hydrogen-bond acceptors (Lipinski definition) is 4. The molecule has 102 valence electrons. The van der Waals surface area contributed by atoms with Crippen LogP contribution in [0.1, 0.15) is 17.5 Å². The number of fused-ring (bicyclic) bond motifs is 1. The van der Waals surface area contributed by atoms with E-state index in [-0.39, 0.29) is 0 Å². The number of nitrogens with two attached hydrogens (primary N) is 1. The lowest BCUT2D eigenvalue weighted by Gasteiger charge is -2.12. The van der Waals surface area contributed by atoms with E-state index < -0.39 is 11.9 Å². The van der Waals surface area contributed by atoms with Crippen LogP contribution >= 0.6 is 11.6 Å². The molecule has 0 saturated heterocycles. The van der Waals surface area contributed by atoms with Crippen LogP contribution in [0, 0.1) is 5.82 Å². The summed E-state index contributed by atoms with van der Waals surface area (Å²) in [7, 11) is 0. The summed E-state index contributed by atoms with van der Waals surface area (Å²) in [4.78, 5) is 4.01. The maximum absolute atomic E-state index is 12.9. The van der Waals surface area contributed by atoms with Gasteiger partial charge in [0, 0.05) is 10.4 Å². The molecule has 3 aromatic rings. The Bertz CT molecular complexity index is 742. The fourth-order valence-electron chi connectivity index (χ4n) is 2.05. The highest BCUT2D eigenvalue weighted by molar-refractivity contribution is 6.31. The van der Waals surface area contributed by atoms with Gasteiger partial charge in [-0.2, -0.15) is 0 Å². The summed E-state index contributed by atoms with van der Waals surface area (Å²) in [6, 6.07) is 9.59. The molecule has 1 aromatic carbocycles. The summed E-state index contributed by atoms with van der Waals surface area (Å²) >= 11 is 5.94. The van der Waals surface area contributed by atoms with Crippen LogP contribution in [0.15, 0.2) is 47.0 Å². The van der Waals surface area contributed by atoms with Crippen LogP contribution in [0.2, 0.25) is 5.02 Å². The van der Waals surface area contributed by atoms with Gasteiger partial charge in [-0.15, -0.1) is 0 Å². The van der Waals surface area contributed by atoms with E-state index in [0.29, 0.717) is 22.1 Å². The second kappa shape index (κ2) is 5.20. The Hall–Kier alpha value is -1.95. The van der Waals surface area contributed by atoms with E-state index >= 15 is 0 Å². The molecule has 3 N–H and O–H groups in total. The lowest BCUT2D eigenvalue weighted by Crippen LogP contribution is -2.29. The average molecular weight is 292 g/mol. The fourth-order valence-corrected chi connectivity index (χ4v) is 2.23. The molecule has 0 spiro atoms. The van der Waals surface area contributed by atoms with Gasteiger partial charge < -0.3 is 4.42 Å². The monoisotopic (exact) mass is 291 g/mol. The Morgan fingerprint density at radius 2 is 2.10 bits per heavy atom. The minimum Gasteiger partial charge on any atom is -0.459 e. The number of hydrogen-bond donors (Lipinski definition) is 2. The predicted molar refractivity (Wildman–Crippen MR) is 74.6 cm³/mol. The van der Waals surface area contributed by atoms with Crippen LogP contribution in [-0.4, -0.2) is 4.98 Å². The van der Waals surface area contributed by atoms with Gasteiger partial charge in [-0.1, -0.05) is 11.6 Å². The minimum atomic E-state index is -0.457. The highest BCUT2D eigenvalue weighted by Gasteiger charge is 2.18. The Labute approximate surface area is 119 Å². The van der Waals surface area contributed by atoms with E-state index in [1.165, 1.54) is 6.07 Å². The van der Waals surface area contributed by atoms with Gasteiger partial charge in [0.05, 0.1) is 11.9 Å². The van der Waals surface area contributed by atoms with E-state index in [4.69, 9.17) is 21.9 Å². The first-order valence-corrected chi connectivity index (χ1v) is 6.32. The van der Waals surface area contributed by atoms with Crippen molar-refractivity contribution in [2.24, 2.45) is 5.84 Å². The van der Waals surface area contributed by atoms with Crippen LogP contribution in [-0.2, 0) is 0 Å². The van der Waals surface area contributed by atoms with Crippen LogP contribution in [0.25, 0.3) is 11.0 Å². The molecule has 0 aliphatic rings. The molecular weight excluding hydrogens is 281 g/mol. The largest absolute Gasteiger partial charge is 0.459 e. The first kappa shape index (κ1) is 13.1. The second-order valence-electron chi connectivity index (χ2n) is 4.33. The van der Waals surface area contributed by atoms with Crippen LogP contribution < -0.4 is 11.3 Å². The molecule has 0 radical (unpaired) electrons. The Balaban J connectivity index is 2.04. The summed E-state index contributed by atoms with van der Waals surface area (Å²) in [5.74, 6) is 5.74. The molecular formula is C14H11ClFN3O. The van der Waals surface area contributed by atoms with Gasteiger partial charge in [0.2, 0.25) is 0 Å². The summed E-state index contributed by atoms with van der Waals surface area (Å²) in [6.45, 7) is 0. The van der Waals surface area contributed by atoms with Gasteiger partial charge >= 0.3 is 0 Å². The molecule has 6 heteroatoms. The third kappa shape index (κ3) is 2.38. The second-order valence-corrected chi connectivity index (χ2v) is 4.77. The molecule has 0 amide bonds. The Kier molecular flexibility index (Phi) is 3.40. The quantitative estimate of drug-likeness (QED) is 0.575. The number of pyridine rings is 1. The Morgan fingerprint density at radius 3 is 2.80 bits per heavy atom. The van der Waals surface area contributed by atoms with E-state index in [1.54, 1.807) is 24.3 Å². The van der Waals surface area contributed by atoms with Crippen LogP contribution in [0.4, 0.5) is 4.39 Å². The third-order valence-corrected chi connectivity index (χ3v) is 3.23. The molecule has 3 rings (SSSR count). The molecule has 20 heavy (non-hydrogen) atoms. The summed E-state index contributed by atoms with van der Waals surface area (Å²) in [5, 5.41) is 1.50. The summed E-state index contributed by atoms with van der Waals surface area (Å²) in [6.07, 6.45) is 1.14. The number of rotatable bonds is 3. The predicted octanol–water partition coefficient (Wildman–Crippen LogP) is 3.17. The number of hydrazine groups is 1. The first-order chi connectivity index (χ1) is 9.67. The standard InChI is InChI=1S/C14H11ClFN3O/c15-9-1-4-12-8(5-9)6-13(20-12)14(19-17)11-3-2-10(16)7-18-11/h1-7,14,19H,17H2. The van der Waals surface area contributed by atoms with Crippen molar-refractivity contribution in [3.05, 3.63) is 64.9 Å². The number of benzene rings is 1. The van der Waals surface area contributed by atoms with Gasteiger partial charge in [0.1, 0.15) is 23.2 Å². The molecule has 0 saturated carbocycles. The number of halogens is 2. The molecule has 2 heterocycles. The zero-order valence-electron chi connectivity index (χ0n) is 10.3. The number of nitrogens with zero attached hydrogens (tertiary/aromatic N) is 1. The molecule has 0 aliphatic carbocycles. The van der Waals surface area contributed by atoms with Crippen LogP contribution in [0.3, 0.4) is 0 Å². The van der Waals surface area contributed by atoms with E-state index in [9.17, 15) is 4.39 Å². The van der Waals surface area contributed by atoms with Gasteiger partial charge in [-0.3, -0.25) is 10.8 Å². The first-order valence-electron chi connectivity index (χ1n) is 5.94. The van der Waals surface area contributed by atoms with Gasteiger partial charge in [0.15, 0.2) is 0 Å². The smallest absolute Gasteiger partial charge is 0.141 e. The van der Waals surface area contributed by atoms with Crippen molar-refractivity contribution in [2.75, 3.05) is 0 Å².